The summed E-state index contributed by atoms with van der Waals surface area (Å²) in [6, 6.07) is 13.7. The van der Waals surface area contributed by atoms with E-state index in [2.05, 4.69) is 42.3 Å². The van der Waals surface area contributed by atoms with Gasteiger partial charge in [-0.15, -0.1) is 0 Å². The molecule has 2 unspecified atom stereocenters. The molecule has 2 aliphatic heterocycles. The van der Waals surface area contributed by atoms with E-state index in [0.29, 0.717) is 42.6 Å². The van der Waals surface area contributed by atoms with Gasteiger partial charge in [0.15, 0.2) is 0 Å². The maximum atomic E-state index is 13.6. The predicted octanol–water partition coefficient (Wildman–Crippen LogP) is 4.97. The topological polar surface area (TPSA) is 50.8 Å². The average molecular weight is 491 g/mol. The lowest BCUT2D eigenvalue weighted by Gasteiger charge is -2.37. The molecule has 2 heterocycles. The molecule has 7 heteroatoms. The van der Waals surface area contributed by atoms with Crippen molar-refractivity contribution in [2.45, 2.75) is 57.4 Å². The molecule has 2 atom stereocenters. The minimum absolute atomic E-state index is 0.0153. The fourth-order valence-corrected chi connectivity index (χ4v) is 5.69. The zero-order chi connectivity index (χ0) is 23.4. The molecule has 2 aliphatic rings. The van der Waals surface area contributed by atoms with E-state index in [1.165, 1.54) is 5.56 Å². The fraction of sp³-hybridized carbons (Fsp3) is 0.500. The maximum Gasteiger partial charge on any atom is 0.231 e. The van der Waals surface area contributed by atoms with Gasteiger partial charge in [0.25, 0.3) is 0 Å². The normalized spacial score (nSPS) is 23.3. The number of nitrogens with one attached hydrogen (secondary N) is 1. The maximum absolute atomic E-state index is 13.6. The van der Waals surface area contributed by atoms with Crippen LogP contribution >= 0.6 is 23.2 Å². The molecule has 0 radical (unpaired) electrons. The van der Waals surface area contributed by atoms with Gasteiger partial charge in [0.2, 0.25) is 5.91 Å². The summed E-state index contributed by atoms with van der Waals surface area (Å²) in [6.45, 7) is 8.40. The van der Waals surface area contributed by atoms with Crippen molar-refractivity contribution in [1.29, 1.82) is 0 Å². The van der Waals surface area contributed by atoms with Gasteiger partial charge >= 0.3 is 0 Å². The molecule has 2 fully saturated rings. The first-order chi connectivity index (χ1) is 15.9. The smallest absolute Gasteiger partial charge is 0.231 e. The Bertz CT molecular complexity index is 968. The van der Waals surface area contributed by atoms with Gasteiger partial charge in [-0.3, -0.25) is 9.69 Å². The number of carbonyl (C=O) groups excluding carboxylic acids is 1. The summed E-state index contributed by atoms with van der Waals surface area (Å²) in [5.41, 5.74) is 2.45. The summed E-state index contributed by atoms with van der Waals surface area (Å²) in [7, 11) is 0. The van der Waals surface area contributed by atoms with Crippen molar-refractivity contribution >= 4 is 29.1 Å². The summed E-state index contributed by atoms with van der Waals surface area (Å²) in [5, 5.41) is 4.30. The number of amides is 1. The van der Waals surface area contributed by atoms with Crippen molar-refractivity contribution in [3.05, 3.63) is 69.2 Å². The Balaban J connectivity index is 1.50. The first-order valence-electron chi connectivity index (χ1n) is 11.6. The van der Waals surface area contributed by atoms with E-state index >= 15 is 0 Å². The Labute approximate surface area is 206 Å². The fourth-order valence-electron chi connectivity index (χ4n) is 5.10. The van der Waals surface area contributed by atoms with Crippen molar-refractivity contribution in [2.24, 2.45) is 0 Å². The number of rotatable bonds is 6. The van der Waals surface area contributed by atoms with Crippen molar-refractivity contribution in [3.8, 4) is 0 Å². The summed E-state index contributed by atoms with van der Waals surface area (Å²) < 4.78 is 11.5. The lowest BCUT2D eigenvalue weighted by Crippen LogP contribution is -2.48. The molecule has 0 spiro atoms. The number of benzene rings is 2. The third-order valence-corrected chi connectivity index (χ3v) is 7.22. The second-order valence-corrected chi connectivity index (χ2v) is 10.1. The Kier molecular flexibility index (Phi) is 7.98. The summed E-state index contributed by atoms with van der Waals surface area (Å²) in [6.07, 6.45) is 1.62. The van der Waals surface area contributed by atoms with Crippen LogP contribution in [0.2, 0.25) is 10.0 Å². The average Bonchev–Trinajstić information content (AvgIpc) is 2.78. The quantitative estimate of drug-likeness (QED) is 0.620. The van der Waals surface area contributed by atoms with Crippen LogP contribution in [0.5, 0.6) is 0 Å². The van der Waals surface area contributed by atoms with E-state index in [9.17, 15) is 4.79 Å². The van der Waals surface area contributed by atoms with Crippen LogP contribution in [0.25, 0.3) is 0 Å². The largest absolute Gasteiger partial charge is 0.381 e. The van der Waals surface area contributed by atoms with Crippen LogP contribution in [0.3, 0.4) is 0 Å². The number of hydrogen-bond acceptors (Lipinski definition) is 4. The molecule has 4 rings (SSSR count). The van der Waals surface area contributed by atoms with Gasteiger partial charge < -0.3 is 14.8 Å². The Morgan fingerprint density at radius 3 is 2.39 bits per heavy atom. The molecule has 2 saturated heterocycles. The number of ether oxygens (including phenoxy) is 2. The van der Waals surface area contributed by atoms with Crippen LogP contribution in [0, 0.1) is 0 Å². The van der Waals surface area contributed by atoms with E-state index in [0.717, 1.165) is 30.8 Å². The number of hydrogen-bond donors (Lipinski definition) is 1. The molecule has 178 valence electrons. The van der Waals surface area contributed by atoms with Crippen LogP contribution < -0.4 is 5.32 Å². The Hall–Kier alpha value is -1.63. The highest BCUT2D eigenvalue weighted by atomic mass is 35.5. The Morgan fingerprint density at radius 2 is 1.73 bits per heavy atom. The van der Waals surface area contributed by atoms with Gasteiger partial charge in [-0.1, -0.05) is 53.5 Å². The molecule has 1 amide bonds. The summed E-state index contributed by atoms with van der Waals surface area (Å²) in [5.74, 6) is -0.0153. The van der Waals surface area contributed by atoms with Gasteiger partial charge in [-0.2, -0.15) is 0 Å². The highest BCUT2D eigenvalue weighted by Crippen LogP contribution is 2.40. The molecular weight excluding hydrogens is 459 g/mol. The van der Waals surface area contributed by atoms with Gasteiger partial charge in [-0.25, -0.2) is 0 Å². The van der Waals surface area contributed by atoms with Crippen molar-refractivity contribution in [1.82, 2.24) is 10.2 Å². The van der Waals surface area contributed by atoms with E-state index < -0.39 is 5.41 Å². The van der Waals surface area contributed by atoms with E-state index in [4.69, 9.17) is 32.7 Å². The highest BCUT2D eigenvalue weighted by molar-refractivity contribution is 6.35. The third-order valence-electron chi connectivity index (χ3n) is 6.67. The number of halogens is 2. The van der Waals surface area contributed by atoms with Gasteiger partial charge in [-0.05, 0) is 55.5 Å². The standard InChI is InChI=1S/C26H32Cl2N2O3/c1-18-15-30(16-19(2)33-18)17-21-6-4-3-5-20(21)14-29-25(31)26(9-11-32-12-10-26)23-8-7-22(27)13-24(23)28/h3-8,13,18-19H,9-12,14-17H2,1-2H3,(H,29,31). The molecule has 2 aromatic carbocycles. The van der Waals surface area contributed by atoms with Gasteiger partial charge in [0.05, 0.1) is 17.6 Å². The van der Waals surface area contributed by atoms with Crippen LogP contribution in [0.15, 0.2) is 42.5 Å². The predicted molar refractivity (Wildman–Crippen MR) is 132 cm³/mol. The zero-order valence-corrected chi connectivity index (χ0v) is 20.8. The first kappa shape index (κ1) is 24.5. The molecule has 0 aliphatic carbocycles. The molecule has 5 nitrogen and oxygen atoms in total. The van der Waals surface area contributed by atoms with E-state index in [1.807, 2.05) is 12.1 Å². The van der Waals surface area contributed by atoms with E-state index in [1.54, 1.807) is 12.1 Å². The molecule has 0 saturated carbocycles. The van der Waals surface area contributed by atoms with E-state index in [-0.39, 0.29) is 18.1 Å². The van der Waals surface area contributed by atoms with Gasteiger partial charge in [0, 0.05) is 49.4 Å². The minimum Gasteiger partial charge on any atom is -0.381 e. The first-order valence-corrected chi connectivity index (χ1v) is 12.4. The zero-order valence-electron chi connectivity index (χ0n) is 19.3. The lowest BCUT2D eigenvalue weighted by atomic mass is 9.73. The Morgan fingerprint density at radius 1 is 1.06 bits per heavy atom. The van der Waals surface area contributed by atoms with Crippen molar-refractivity contribution in [3.63, 3.8) is 0 Å². The van der Waals surface area contributed by atoms with Crippen LogP contribution in [0.1, 0.15) is 43.4 Å². The van der Waals surface area contributed by atoms with Crippen LogP contribution in [0.4, 0.5) is 0 Å². The molecule has 0 bridgehead atoms. The van der Waals surface area contributed by atoms with Crippen LogP contribution in [-0.2, 0) is 32.8 Å². The minimum atomic E-state index is -0.718. The van der Waals surface area contributed by atoms with Gasteiger partial charge in [0.1, 0.15) is 0 Å². The van der Waals surface area contributed by atoms with Crippen molar-refractivity contribution < 1.29 is 14.3 Å². The SMILES string of the molecule is CC1CN(Cc2ccccc2CNC(=O)C2(c3ccc(Cl)cc3Cl)CCOCC2)CC(C)O1. The molecule has 2 aromatic rings. The third kappa shape index (κ3) is 5.72. The number of carbonyl (C=O) groups is 1. The molecule has 33 heavy (non-hydrogen) atoms. The number of morpholine rings is 1. The number of nitrogens with zero attached hydrogens (tertiary/aromatic N) is 1. The molecule has 1 N–H and O–H groups in total. The highest BCUT2D eigenvalue weighted by Gasteiger charge is 2.43. The second-order valence-electron chi connectivity index (χ2n) is 9.22. The summed E-state index contributed by atoms with van der Waals surface area (Å²) >= 11 is 12.7. The van der Waals surface area contributed by atoms with Crippen LogP contribution in [-0.4, -0.2) is 49.3 Å². The molecule has 0 aromatic heterocycles. The lowest BCUT2D eigenvalue weighted by molar-refractivity contribution is -0.130. The molecular formula is C26H32Cl2N2O3. The van der Waals surface area contributed by atoms with Crippen molar-refractivity contribution in [2.75, 3.05) is 26.3 Å². The monoisotopic (exact) mass is 490 g/mol. The second kappa shape index (κ2) is 10.7. The summed E-state index contributed by atoms with van der Waals surface area (Å²) in [4.78, 5) is 16.1.